The van der Waals surface area contributed by atoms with Crippen LogP contribution in [0.3, 0.4) is 0 Å². The first-order valence-electron chi connectivity index (χ1n) is 3.99. The van der Waals surface area contributed by atoms with Crippen molar-refractivity contribution in [3.05, 3.63) is 41.5 Å². The van der Waals surface area contributed by atoms with Crippen LogP contribution in [-0.2, 0) is 0 Å². The van der Waals surface area contributed by atoms with E-state index in [0.717, 1.165) is 5.57 Å². The summed E-state index contributed by atoms with van der Waals surface area (Å²) in [6, 6.07) is 8.20. The highest BCUT2D eigenvalue weighted by atomic mass is 14.3. The summed E-state index contributed by atoms with van der Waals surface area (Å²) < 4.78 is 0. The van der Waals surface area contributed by atoms with Crippen LogP contribution < -0.4 is 0 Å². The molecule has 0 amide bonds. The van der Waals surface area contributed by atoms with Gasteiger partial charge in [-0.25, -0.2) is 0 Å². The molecule has 0 fully saturated rings. The second-order valence-electron chi connectivity index (χ2n) is 2.83. The van der Waals surface area contributed by atoms with E-state index in [1.807, 2.05) is 25.1 Å². The molecule has 1 N–H and O–H groups in total. The molecule has 1 aromatic rings. The molecule has 12 heavy (non-hydrogen) atoms. The molecule has 1 nitrogen and oxygen atoms in total. The van der Waals surface area contributed by atoms with Crippen LogP contribution in [0.5, 0.6) is 0 Å². The SMILES string of the molecule is C/C(=C/C=N)c1ccccc1C. The first-order chi connectivity index (χ1) is 5.75. The number of aryl methyl sites for hydroxylation is 1. The van der Waals surface area contributed by atoms with Crippen LogP contribution in [-0.4, -0.2) is 6.21 Å². The lowest BCUT2D eigenvalue weighted by molar-refractivity contribution is 1.41. The topological polar surface area (TPSA) is 23.9 Å². The highest BCUT2D eigenvalue weighted by molar-refractivity contribution is 5.82. The average molecular weight is 159 g/mol. The molecule has 0 heterocycles. The Morgan fingerprint density at radius 3 is 2.58 bits per heavy atom. The fourth-order valence-electron chi connectivity index (χ4n) is 1.23. The standard InChI is InChI=1S/C11H13N/c1-9-5-3-4-6-11(9)10(2)7-8-12/h3-8,12H,1-2H3/b10-7-,12-8?. The van der Waals surface area contributed by atoms with Crippen LogP contribution in [0.1, 0.15) is 18.1 Å². The normalized spacial score (nSPS) is 11.3. The predicted molar refractivity (Wildman–Crippen MR) is 53.6 cm³/mol. The highest BCUT2D eigenvalue weighted by Crippen LogP contribution is 2.16. The summed E-state index contributed by atoms with van der Waals surface area (Å²) in [6.45, 7) is 4.10. The van der Waals surface area contributed by atoms with E-state index in [4.69, 9.17) is 5.41 Å². The number of hydrogen-bond acceptors (Lipinski definition) is 1. The van der Waals surface area contributed by atoms with Crippen LogP contribution in [0, 0.1) is 12.3 Å². The number of allylic oxidation sites excluding steroid dienone is 2. The van der Waals surface area contributed by atoms with E-state index in [9.17, 15) is 0 Å². The van der Waals surface area contributed by atoms with Crippen molar-refractivity contribution in [1.82, 2.24) is 0 Å². The smallest absolute Gasteiger partial charge is 0.0180 e. The fourth-order valence-corrected chi connectivity index (χ4v) is 1.23. The number of hydrogen-bond donors (Lipinski definition) is 1. The van der Waals surface area contributed by atoms with Crippen molar-refractivity contribution in [2.45, 2.75) is 13.8 Å². The lowest BCUT2D eigenvalue weighted by atomic mass is 10.0. The quantitative estimate of drug-likeness (QED) is 0.641. The van der Waals surface area contributed by atoms with Gasteiger partial charge in [0.1, 0.15) is 0 Å². The third-order valence-electron chi connectivity index (χ3n) is 1.90. The van der Waals surface area contributed by atoms with Gasteiger partial charge >= 0.3 is 0 Å². The maximum absolute atomic E-state index is 6.95. The van der Waals surface area contributed by atoms with Crippen molar-refractivity contribution < 1.29 is 0 Å². The second kappa shape index (κ2) is 3.86. The zero-order chi connectivity index (χ0) is 8.97. The Balaban J connectivity index is 3.10. The van der Waals surface area contributed by atoms with Gasteiger partial charge in [-0.05, 0) is 36.6 Å². The molecule has 0 radical (unpaired) electrons. The van der Waals surface area contributed by atoms with Gasteiger partial charge in [0, 0.05) is 6.21 Å². The Kier molecular flexibility index (Phi) is 2.81. The maximum Gasteiger partial charge on any atom is 0.0180 e. The van der Waals surface area contributed by atoms with E-state index in [1.54, 1.807) is 0 Å². The molecule has 0 aliphatic rings. The maximum atomic E-state index is 6.95. The molecule has 1 aromatic carbocycles. The second-order valence-corrected chi connectivity index (χ2v) is 2.83. The van der Waals surface area contributed by atoms with E-state index >= 15 is 0 Å². The minimum absolute atomic E-state index is 1.14. The average Bonchev–Trinajstić information content (AvgIpc) is 2.05. The Morgan fingerprint density at radius 1 is 1.33 bits per heavy atom. The van der Waals surface area contributed by atoms with Gasteiger partial charge in [-0.3, -0.25) is 0 Å². The molecule has 0 bridgehead atoms. The van der Waals surface area contributed by atoms with Gasteiger partial charge < -0.3 is 5.41 Å². The van der Waals surface area contributed by atoms with Gasteiger partial charge in [0.05, 0.1) is 0 Å². The van der Waals surface area contributed by atoms with E-state index in [-0.39, 0.29) is 0 Å². The summed E-state index contributed by atoms with van der Waals surface area (Å²) in [4.78, 5) is 0. The molecule has 0 saturated carbocycles. The van der Waals surface area contributed by atoms with Crippen LogP contribution in [0.25, 0.3) is 5.57 Å². The van der Waals surface area contributed by atoms with Crippen molar-refractivity contribution in [2.75, 3.05) is 0 Å². The zero-order valence-electron chi connectivity index (χ0n) is 7.46. The molecule has 0 saturated heterocycles. The fraction of sp³-hybridized carbons (Fsp3) is 0.182. The molecule has 0 aromatic heterocycles. The van der Waals surface area contributed by atoms with E-state index in [0.29, 0.717) is 0 Å². The van der Waals surface area contributed by atoms with Crippen molar-refractivity contribution in [2.24, 2.45) is 0 Å². The van der Waals surface area contributed by atoms with Crippen molar-refractivity contribution >= 4 is 11.8 Å². The Bertz CT molecular complexity index is 311. The first-order valence-corrected chi connectivity index (χ1v) is 3.99. The van der Waals surface area contributed by atoms with Crippen LogP contribution in [0.2, 0.25) is 0 Å². The van der Waals surface area contributed by atoms with E-state index in [2.05, 4.69) is 19.1 Å². The molecule has 62 valence electrons. The third kappa shape index (κ3) is 1.82. The number of rotatable bonds is 2. The Labute approximate surface area is 73.3 Å². The molecular formula is C11H13N. The van der Waals surface area contributed by atoms with Crippen LogP contribution in [0.15, 0.2) is 30.3 Å². The Hall–Kier alpha value is -1.37. The lowest BCUT2D eigenvalue weighted by Crippen LogP contribution is -1.84. The molecule has 1 rings (SSSR count). The van der Waals surface area contributed by atoms with E-state index < -0.39 is 0 Å². The molecule has 0 atom stereocenters. The summed E-state index contributed by atoms with van der Waals surface area (Å²) >= 11 is 0. The minimum Gasteiger partial charge on any atom is -0.309 e. The first kappa shape index (κ1) is 8.72. The van der Waals surface area contributed by atoms with Gasteiger partial charge in [-0.2, -0.15) is 0 Å². The summed E-state index contributed by atoms with van der Waals surface area (Å²) in [7, 11) is 0. The van der Waals surface area contributed by atoms with Gasteiger partial charge in [0.25, 0.3) is 0 Å². The lowest BCUT2D eigenvalue weighted by Gasteiger charge is -2.03. The number of nitrogens with one attached hydrogen (secondary N) is 1. The van der Waals surface area contributed by atoms with Gasteiger partial charge in [0.2, 0.25) is 0 Å². The monoisotopic (exact) mass is 159 g/mol. The number of benzene rings is 1. The molecule has 1 heteroatoms. The molecule has 0 aliphatic carbocycles. The van der Waals surface area contributed by atoms with Crippen molar-refractivity contribution in [1.29, 1.82) is 5.41 Å². The summed E-state index contributed by atoms with van der Waals surface area (Å²) in [5.74, 6) is 0. The third-order valence-corrected chi connectivity index (χ3v) is 1.90. The highest BCUT2D eigenvalue weighted by Gasteiger charge is 1.96. The van der Waals surface area contributed by atoms with Crippen LogP contribution >= 0.6 is 0 Å². The summed E-state index contributed by atoms with van der Waals surface area (Å²) in [5, 5.41) is 6.95. The van der Waals surface area contributed by atoms with E-state index in [1.165, 1.54) is 17.3 Å². The summed E-state index contributed by atoms with van der Waals surface area (Å²) in [5.41, 5.74) is 3.62. The van der Waals surface area contributed by atoms with Gasteiger partial charge in [0.15, 0.2) is 0 Å². The summed E-state index contributed by atoms with van der Waals surface area (Å²) in [6.07, 6.45) is 3.13. The molecule has 0 aliphatic heterocycles. The minimum atomic E-state index is 1.14. The molecular weight excluding hydrogens is 146 g/mol. The largest absolute Gasteiger partial charge is 0.309 e. The Morgan fingerprint density at radius 2 is 2.00 bits per heavy atom. The predicted octanol–water partition coefficient (Wildman–Crippen LogP) is 3.05. The molecule has 0 unspecified atom stereocenters. The van der Waals surface area contributed by atoms with Crippen LogP contribution in [0.4, 0.5) is 0 Å². The van der Waals surface area contributed by atoms with Gasteiger partial charge in [-0.15, -0.1) is 0 Å². The van der Waals surface area contributed by atoms with Gasteiger partial charge in [-0.1, -0.05) is 24.3 Å². The van der Waals surface area contributed by atoms with Crippen molar-refractivity contribution in [3.8, 4) is 0 Å². The molecule has 0 spiro atoms. The zero-order valence-corrected chi connectivity index (χ0v) is 7.46. The van der Waals surface area contributed by atoms with Crippen molar-refractivity contribution in [3.63, 3.8) is 0 Å².